The molecule has 1 aliphatic heterocycles. The Morgan fingerprint density at radius 1 is 1.11 bits per heavy atom. The van der Waals surface area contributed by atoms with Gasteiger partial charge in [0.1, 0.15) is 9.84 Å². The third-order valence-corrected chi connectivity index (χ3v) is 6.90. The van der Waals surface area contributed by atoms with Crippen molar-refractivity contribution in [2.45, 2.75) is 52.5 Å². The van der Waals surface area contributed by atoms with Crippen molar-refractivity contribution in [3.63, 3.8) is 0 Å². The minimum atomic E-state index is -3.72. The summed E-state index contributed by atoms with van der Waals surface area (Å²) in [6.45, 7) is 5.26. The topological polar surface area (TPSA) is 119 Å². The number of rotatable bonds is 12. The normalized spacial score (nSPS) is 14.7. The Kier molecular flexibility index (Phi) is 8.03. The predicted octanol–water partition coefficient (Wildman–Crippen LogP) is 4.17. The van der Waals surface area contributed by atoms with Gasteiger partial charge >= 0.3 is 0 Å². The molecule has 10 heteroatoms. The fraction of sp³-hybridized carbons (Fsp3) is 0.444. The molecule has 0 saturated carbocycles. The lowest BCUT2D eigenvalue weighted by atomic mass is 9.96. The number of amides is 3. The lowest BCUT2D eigenvalue weighted by molar-refractivity contribution is -0.114. The van der Waals surface area contributed by atoms with Crippen molar-refractivity contribution in [3.8, 4) is 11.5 Å². The maximum atomic E-state index is 14.0. The molecule has 37 heavy (non-hydrogen) atoms. The second-order valence-electron chi connectivity index (χ2n) is 8.92. The average Bonchev–Trinajstić information content (AvgIpc) is 3.11. The molecule has 0 aromatic heterocycles. The molecule has 3 amide bonds. The van der Waals surface area contributed by atoms with Gasteiger partial charge in [0.15, 0.2) is 11.5 Å². The van der Waals surface area contributed by atoms with Crippen LogP contribution in [0, 0.1) is 0 Å². The van der Waals surface area contributed by atoms with Crippen LogP contribution in [0.2, 0.25) is 0 Å². The molecule has 1 atom stereocenters. The third-order valence-electron chi connectivity index (χ3n) is 5.98. The summed E-state index contributed by atoms with van der Waals surface area (Å²) in [6.07, 6.45) is 3.60. The second-order valence-corrected chi connectivity index (χ2v) is 11.1. The maximum Gasteiger partial charge on any atom is 0.264 e. The van der Waals surface area contributed by atoms with E-state index < -0.39 is 39.4 Å². The maximum absolute atomic E-state index is 14.0. The number of hydrogen-bond donors (Lipinski definition) is 1. The minimum Gasteiger partial charge on any atom is -0.493 e. The molecule has 0 saturated heterocycles. The van der Waals surface area contributed by atoms with Gasteiger partial charge < -0.3 is 14.8 Å². The Morgan fingerprint density at radius 3 is 2.41 bits per heavy atom. The smallest absolute Gasteiger partial charge is 0.264 e. The monoisotopic (exact) mass is 532 g/mol. The van der Waals surface area contributed by atoms with Gasteiger partial charge in [0, 0.05) is 13.2 Å². The first-order valence-corrected chi connectivity index (χ1v) is 14.2. The molecular formula is C27H34N2O7S. The number of benzene rings is 2. The van der Waals surface area contributed by atoms with Gasteiger partial charge in [0.2, 0.25) is 5.91 Å². The average molecular weight is 533 g/mol. The highest BCUT2D eigenvalue weighted by Gasteiger charge is 2.44. The van der Waals surface area contributed by atoms with Crippen molar-refractivity contribution in [1.29, 1.82) is 0 Å². The van der Waals surface area contributed by atoms with Crippen LogP contribution in [0.25, 0.3) is 0 Å². The van der Waals surface area contributed by atoms with Crippen LogP contribution in [0.1, 0.15) is 80.7 Å². The largest absolute Gasteiger partial charge is 0.493 e. The van der Waals surface area contributed by atoms with Crippen LogP contribution >= 0.6 is 0 Å². The Morgan fingerprint density at radius 2 is 1.81 bits per heavy atom. The summed E-state index contributed by atoms with van der Waals surface area (Å²) in [7, 11) is -2.26. The Labute approximate surface area is 220 Å². The molecule has 0 aliphatic carbocycles. The zero-order valence-electron chi connectivity index (χ0n) is 23.8. The number of sulfone groups is 1. The third kappa shape index (κ3) is 6.30. The molecule has 3 rings (SSSR count). The van der Waals surface area contributed by atoms with E-state index in [0.717, 1.165) is 24.0 Å². The SMILES string of the molecule is [2H]c1c([2H])c(NC(C)=O)c2c(c1CCCCC)C(=O)N([C@H](CS(C)(=O)=O)c1ccc(OC)c(OCC)c1)C2=O. The number of anilines is 1. The van der Waals surface area contributed by atoms with E-state index in [-0.39, 0.29) is 40.9 Å². The number of nitrogens with zero attached hydrogens (tertiary/aromatic N) is 1. The fourth-order valence-electron chi connectivity index (χ4n) is 4.39. The van der Waals surface area contributed by atoms with Crippen molar-refractivity contribution >= 4 is 33.2 Å². The molecule has 0 fully saturated rings. The molecule has 1 aliphatic rings. The van der Waals surface area contributed by atoms with E-state index in [4.69, 9.17) is 12.2 Å². The Balaban J connectivity index is 2.27. The first-order valence-electron chi connectivity index (χ1n) is 13.2. The van der Waals surface area contributed by atoms with Gasteiger partial charge in [-0.2, -0.15) is 0 Å². The highest BCUT2D eigenvalue weighted by atomic mass is 32.2. The van der Waals surface area contributed by atoms with Gasteiger partial charge in [-0.3, -0.25) is 19.3 Å². The summed E-state index contributed by atoms with van der Waals surface area (Å²) < 4.78 is 53.1. The van der Waals surface area contributed by atoms with E-state index in [2.05, 4.69) is 5.32 Å². The molecular weight excluding hydrogens is 496 g/mol. The van der Waals surface area contributed by atoms with Crippen LogP contribution < -0.4 is 14.8 Å². The Hall–Kier alpha value is -3.40. The van der Waals surface area contributed by atoms with Crippen LogP contribution in [-0.2, 0) is 21.1 Å². The van der Waals surface area contributed by atoms with Gasteiger partial charge in [-0.25, -0.2) is 8.42 Å². The Bertz CT molecular complexity index is 1410. The molecule has 0 radical (unpaired) electrons. The molecule has 1 N–H and O–H groups in total. The van der Waals surface area contributed by atoms with E-state index >= 15 is 0 Å². The van der Waals surface area contributed by atoms with Gasteiger partial charge in [0.25, 0.3) is 11.8 Å². The van der Waals surface area contributed by atoms with E-state index in [1.165, 1.54) is 20.1 Å². The summed E-state index contributed by atoms with van der Waals surface area (Å²) in [6, 6.07) is 2.79. The van der Waals surface area contributed by atoms with E-state index in [1.807, 2.05) is 6.92 Å². The molecule has 2 aromatic carbocycles. The molecule has 200 valence electrons. The first-order chi connectivity index (χ1) is 18.4. The highest BCUT2D eigenvalue weighted by molar-refractivity contribution is 7.90. The quantitative estimate of drug-likeness (QED) is 0.322. The van der Waals surface area contributed by atoms with Crippen LogP contribution in [0.15, 0.2) is 30.3 Å². The number of unbranched alkanes of at least 4 members (excludes halogenated alkanes) is 2. The van der Waals surface area contributed by atoms with Crippen LogP contribution in [0.5, 0.6) is 11.5 Å². The van der Waals surface area contributed by atoms with Gasteiger partial charge in [0.05, 0.1) is 45.1 Å². The van der Waals surface area contributed by atoms with E-state index in [9.17, 15) is 22.8 Å². The molecule has 2 aromatic rings. The summed E-state index contributed by atoms with van der Waals surface area (Å²) in [5.41, 5.74) is 0.0642. The zero-order chi connectivity index (χ0) is 29.1. The number of hydrogen-bond acceptors (Lipinski definition) is 7. The van der Waals surface area contributed by atoms with E-state index in [0.29, 0.717) is 30.1 Å². The number of carbonyl (C=O) groups is 3. The predicted molar refractivity (Wildman–Crippen MR) is 141 cm³/mol. The minimum absolute atomic E-state index is 0.0714. The number of fused-ring (bicyclic) bond motifs is 1. The zero-order valence-corrected chi connectivity index (χ0v) is 22.6. The van der Waals surface area contributed by atoms with Crippen molar-refractivity contribution < 1.29 is 35.0 Å². The lowest BCUT2D eigenvalue weighted by Gasteiger charge is -2.27. The first kappa shape index (κ1) is 25.3. The summed E-state index contributed by atoms with van der Waals surface area (Å²) in [4.78, 5) is 40.8. The summed E-state index contributed by atoms with van der Waals surface area (Å²) >= 11 is 0. The number of imide groups is 1. The fourth-order valence-corrected chi connectivity index (χ4v) is 5.30. The summed E-state index contributed by atoms with van der Waals surface area (Å²) in [5.74, 6) is -2.06. The highest BCUT2D eigenvalue weighted by Crippen LogP contribution is 2.40. The van der Waals surface area contributed by atoms with Gasteiger partial charge in [-0.05, 0) is 49.1 Å². The molecule has 0 spiro atoms. The second kappa shape index (κ2) is 11.8. The summed E-state index contributed by atoms with van der Waals surface area (Å²) in [5, 5.41) is 2.45. The van der Waals surface area contributed by atoms with Crippen molar-refractivity contribution in [2.24, 2.45) is 0 Å². The van der Waals surface area contributed by atoms with Crippen LogP contribution in [-0.4, -0.2) is 56.8 Å². The number of carbonyl (C=O) groups excluding carboxylic acids is 3. The molecule has 9 nitrogen and oxygen atoms in total. The van der Waals surface area contributed by atoms with Crippen molar-refractivity contribution in [2.75, 3.05) is 31.0 Å². The van der Waals surface area contributed by atoms with E-state index in [1.54, 1.807) is 19.1 Å². The number of ether oxygens (including phenoxy) is 2. The van der Waals surface area contributed by atoms with Crippen LogP contribution in [0.3, 0.4) is 0 Å². The van der Waals surface area contributed by atoms with Crippen LogP contribution in [0.4, 0.5) is 5.69 Å². The molecule has 0 bridgehead atoms. The van der Waals surface area contributed by atoms with Gasteiger partial charge in [-0.1, -0.05) is 31.9 Å². The lowest BCUT2D eigenvalue weighted by Crippen LogP contribution is -2.38. The molecule has 1 heterocycles. The van der Waals surface area contributed by atoms with Gasteiger partial charge in [-0.15, -0.1) is 0 Å². The van der Waals surface area contributed by atoms with Crippen molar-refractivity contribution in [3.05, 3.63) is 52.5 Å². The standard InChI is InChI=1S/C27H34N2O7S/c1-6-8-9-10-18-11-13-20(28-17(3)30)25-24(18)26(31)29(27(25)32)21(16-37(5,33)34)19-12-14-22(35-4)23(15-19)36-7-2/h11-15,21H,6-10,16H2,1-5H3,(H,28,30)/t21-/m1/s1/i11D,13D. The van der Waals surface area contributed by atoms with Crippen molar-refractivity contribution in [1.82, 2.24) is 4.90 Å². The number of nitrogens with one attached hydrogen (secondary N) is 1. The number of methoxy groups -OCH3 is 1. The molecule has 0 unspecified atom stereocenters.